The van der Waals surface area contributed by atoms with Crippen LogP contribution in [-0.4, -0.2) is 33.4 Å². The number of carbonyl (C=O) groups excluding carboxylic acids is 1. The Balaban J connectivity index is 1.50. The van der Waals surface area contributed by atoms with E-state index in [1.165, 1.54) is 29.5 Å². The quantitative estimate of drug-likeness (QED) is 0.594. The second-order valence-electron chi connectivity index (χ2n) is 6.02. The van der Waals surface area contributed by atoms with Gasteiger partial charge in [0.1, 0.15) is 5.82 Å². The molecule has 0 spiro atoms. The van der Waals surface area contributed by atoms with E-state index in [2.05, 4.69) is 17.2 Å². The first-order valence-electron chi connectivity index (χ1n) is 8.28. The molecule has 0 fully saturated rings. The van der Waals surface area contributed by atoms with Gasteiger partial charge >= 0.3 is 0 Å². The predicted molar refractivity (Wildman–Crippen MR) is 101 cm³/mol. The predicted octanol–water partition coefficient (Wildman–Crippen LogP) is 3.82. The Morgan fingerprint density at radius 2 is 1.85 bits per heavy atom. The number of benzene rings is 2. The van der Waals surface area contributed by atoms with Gasteiger partial charge in [-0.15, -0.1) is 11.8 Å². The standard InChI is InChI=1S/C20H20FN3OS/c1-23(20(25)15-26-19-9-7-18(21)8-10-19)12-17-11-22-24(14-17)13-16-5-3-2-4-6-16/h2-11,14H,12-13,15H2,1H3. The van der Waals surface area contributed by atoms with Gasteiger partial charge in [-0.05, 0) is 29.8 Å². The number of carbonyl (C=O) groups is 1. The first-order valence-corrected chi connectivity index (χ1v) is 9.26. The third-order valence-corrected chi connectivity index (χ3v) is 4.89. The Bertz CT molecular complexity index is 849. The third kappa shape index (κ3) is 5.20. The van der Waals surface area contributed by atoms with Crippen LogP contribution < -0.4 is 0 Å². The number of halogens is 1. The van der Waals surface area contributed by atoms with Gasteiger partial charge in [0.25, 0.3) is 0 Å². The average molecular weight is 369 g/mol. The van der Waals surface area contributed by atoms with E-state index in [0.717, 1.165) is 10.5 Å². The van der Waals surface area contributed by atoms with E-state index in [9.17, 15) is 9.18 Å². The fourth-order valence-electron chi connectivity index (χ4n) is 2.49. The van der Waals surface area contributed by atoms with E-state index in [1.807, 2.05) is 29.1 Å². The lowest BCUT2D eigenvalue weighted by atomic mass is 10.2. The van der Waals surface area contributed by atoms with Crippen molar-refractivity contribution in [3.8, 4) is 0 Å². The monoisotopic (exact) mass is 369 g/mol. The molecule has 26 heavy (non-hydrogen) atoms. The van der Waals surface area contributed by atoms with E-state index in [0.29, 0.717) is 18.8 Å². The van der Waals surface area contributed by atoms with E-state index in [1.54, 1.807) is 30.3 Å². The zero-order chi connectivity index (χ0) is 18.4. The highest BCUT2D eigenvalue weighted by molar-refractivity contribution is 8.00. The van der Waals surface area contributed by atoms with Crippen LogP contribution in [0.2, 0.25) is 0 Å². The van der Waals surface area contributed by atoms with Crippen molar-refractivity contribution in [2.75, 3.05) is 12.8 Å². The van der Waals surface area contributed by atoms with E-state index < -0.39 is 0 Å². The molecule has 0 radical (unpaired) electrons. The van der Waals surface area contributed by atoms with Gasteiger partial charge in [-0.25, -0.2) is 4.39 Å². The summed E-state index contributed by atoms with van der Waals surface area (Å²) in [6.07, 6.45) is 3.75. The van der Waals surface area contributed by atoms with Crippen molar-refractivity contribution in [2.45, 2.75) is 18.0 Å². The molecule has 6 heteroatoms. The highest BCUT2D eigenvalue weighted by atomic mass is 32.2. The van der Waals surface area contributed by atoms with Gasteiger partial charge in [0.15, 0.2) is 0 Å². The van der Waals surface area contributed by atoms with Crippen LogP contribution in [0.5, 0.6) is 0 Å². The zero-order valence-electron chi connectivity index (χ0n) is 14.5. The Kier molecular flexibility index (Phi) is 6.07. The second-order valence-corrected chi connectivity index (χ2v) is 7.07. The molecule has 0 aliphatic heterocycles. The minimum Gasteiger partial charge on any atom is -0.341 e. The van der Waals surface area contributed by atoms with Crippen LogP contribution in [0.1, 0.15) is 11.1 Å². The summed E-state index contributed by atoms with van der Waals surface area (Å²) >= 11 is 1.40. The van der Waals surface area contributed by atoms with Crippen LogP contribution in [0, 0.1) is 5.82 Å². The molecule has 3 aromatic rings. The lowest BCUT2D eigenvalue weighted by Gasteiger charge is -2.16. The summed E-state index contributed by atoms with van der Waals surface area (Å²) in [6.45, 7) is 1.22. The van der Waals surface area contributed by atoms with Crippen LogP contribution >= 0.6 is 11.8 Å². The molecule has 3 rings (SSSR count). The number of rotatable bonds is 7. The number of thioether (sulfide) groups is 1. The first-order chi connectivity index (χ1) is 12.6. The minimum atomic E-state index is -0.273. The Hall–Kier alpha value is -2.60. The molecule has 2 aromatic carbocycles. The van der Waals surface area contributed by atoms with Gasteiger partial charge in [0, 0.05) is 30.2 Å². The van der Waals surface area contributed by atoms with Crippen LogP contribution in [0.3, 0.4) is 0 Å². The van der Waals surface area contributed by atoms with Crippen molar-refractivity contribution in [1.29, 1.82) is 0 Å². The van der Waals surface area contributed by atoms with Crippen molar-refractivity contribution in [3.63, 3.8) is 0 Å². The van der Waals surface area contributed by atoms with Crippen LogP contribution in [-0.2, 0) is 17.9 Å². The van der Waals surface area contributed by atoms with Crippen molar-refractivity contribution in [2.24, 2.45) is 0 Å². The van der Waals surface area contributed by atoms with E-state index in [-0.39, 0.29) is 11.7 Å². The third-order valence-electron chi connectivity index (χ3n) is 3.90. The molecule has 0 saturated carbocycles. The Morgan fingerprint density at radius 3 is 2.58 bits per heavy atom. The largest absolute Gasteiger partial charge is 0.341 e. The SMILES string of the molecule is CN(Cc1cnn(Cc2ccccc2)c1)C(=O)CSc1ccc(F)cc1. The molecular formula is C20H20FN3OS. The molecular weight excluding hydrogens is 349 g/mol. The van der Waals surface area contributed by atoms with Crippen molar-refractivity contribution in [3.05, 3.63) is 83.9 Å². The Labute approximate surface area is 156 Å². The summed E-state index contributed by atoms with van der Waals surface area (Å²) in [4.78, 5) is 14.8. The van der Waals surface area contributed by atoms with Gasteiger partial charge in [-0.3, -0.25) is 9.48 Å². The fourth-order valence-corrected chi connectivity index (χ4v) is 3.33. The molecule has 4 nitrogen and oxygen atoms in total. The topological polar surface area (TPSA) is 38.1 Å². The van der Waals surface area contributed by atoms with E-state index in [4.69, 9.17) is 0 Å². The highest BCUT2D eigenvalue weighted by Gasteiger charge is 2.11. The summed E-state index contributed by atoms with van der Waals surface area (Å²) in [5, 5.41) is 4.36. The maximum Gasteiger partial charge on any atom is 0.232 e. The summed E-state index contributed by atoms with van der Waals surface area (Å²) in [7, 11) is 1.78. The van der Waals surface area contributed by atoms with E-state index >= 15 is 0 Å². The zero-order valence-corrected chi connectivity index (χ0v) is 15.3. The fraction of sp³-hybridized carbons (Fsp3) is 0.200. The number of amides is 1. The van der Waals surface area contributed by atoms with Crippen molar-refractivity contribution < 1.29 is 9.18 Å². The van der Waals surface area contributed by atoms with Gasteiger partial charge < -0.3 is 4.90 Å². The molecule has 0 bridgehead atoms. The minimum absolute atomic E-state index is 0.0233. The maximum atomic E-state index is 12.9. The number of aromatic nitrogens is 2. The lowest BCUT2D eigenvalue weighted by molar-refractivity contribution is -0.127. The highest BCUT2D eigenvalue weighted by Crippen LogP contribution is 2.18. The van der Waals surface area contributed by atoms with Crippen molar-refractivity contribution in [1.82, 2.24) is 14.7 Å². The molecule has 1 heterocycles. The average Bonchev–Trinajstić information content (AvgIpc) is 3.08. The van der Waals surface area contributed by atoms with Gasteiger partial charge in [0.05, 0.1) is 18.5 Å². The van der Waals surface area contributed by atoms with Crippen LogP contribution in [0.25, 0.3) is 0 Å². The molecule has 0 atom stereocenters. The molecule has 1 aromatic heterocycles. The molecule has 134 valence electrons. The normalized spacial score (nSPS) is 10.7. The smallest absolute Gasteiger partial charge is 0.232 e. The summed E-state index contributed by atoms with van der Waals surface area (Å²) in [5.74, 6) is 0.0701. The molecule has 0 unspecified atom stereocenters. The van der Waals surface area contributed by atoms with Gasteiger partial charge in [0.2, 0.25) is 5.91 Å². The van der Waals surface area contributed by atoms with Crippen molar-refractivity contribution >= 4 is 17.7 Å². The van der Waals surface area contributed by atoms with Gasteiger partial charge in [-0.1, -0.05) is 30.3 Å². The molecule has 0 aliphatic carbocycles. The van der Waals surface area contributed by atoms with Crippen LogP contribution in [0.4, 0.5) is 4.39 Å². The molecule has 0 N–H and O–H groups in total. The maximum absolute atomic E-state index is 12.9. The number of hydrogen-bond acceptors (Lipinski definition) is 3. The summed E-state index contributed by atoms with van der Waals surface area (Å²) < 4.78 is 14.8. The molecule has 0 aliphatic rings. The first kappa shape index (κ1) is 18.2. The molecule has 1 amide bonds. The van der Waals surface area contributed by atoms with Gasteiger partial charge in [-0.2, -0.15) is 5.10 Å². The number of hydrogen-bond donors (Lipinski definition) is 0. The molecule has 0 saturated heterocycles. The van der Waals surface area contributed by atoms with Crippen LogP contribution in [0.15, 0.2) is 71.9 Å². The Morgan fingerprint density at radius 1 is 1.12 bits per heavy atom. The second kappa shape index (κ2) is 8.67. The summed E-state index contributed by atoms with van der Waals surface area (Å²) in [6, 6.07) is 16.3. The summed E-state index contributed by atoms with van der Waals surface area (Å²) in [5.41, 5.74) is 2.17. The number of nitrogens with zero attached hydrogens (tertiary/aromatic N) is 3. The lowest BCUT2D eigenvalue weighted by Crippen LogP contribution is -2.27.